The summed E-state index contributed by atoms with van der Waals surface area (Å²) >= 11 is 0. The number of benzene rings is 1. The molecular weight excluding hydrogens is 186 g/mol. The van der Waals surface area contributed by atoms with Gasteiger partial charge in [-0.15, -0.1) is 0 Å². The van der Waals surface area contributed by atoms with Crippen LogP contribution in [0.1, 0.15) is 30.0 Å². The average molecular weight is 207 g/mol. The Labute approximate surface area is 92.4 Å². The average Bonchev–Trinajstić information content (AvgIpc) is 2.17. The van der Waals surface area contributed by atoms with Gasteiger partial charge in [-0.2, -0.15) is 0 Å². The van der Waals surface area contributed by atoms with E-state index >= 15 is 0 Å². The van der Waals surface area contributed by atoms with E-state index in [1.165, 1.54) is 16.7 Å². The van der Waals surface area contributed by atoms with Crippen LogP contribution in [0.25, 0.3) is 0 Å². The van der Waals surface area contributed by atoms with Crippen LogP contribution in [0.4, 0.5) is 0 Å². The highest BCUT2D eigenvalue weighted by molar-refractivity contribution is 5.43. The van der Waals surface area contributed by atoms with E-state index in [0.717, 1.165) is 25.2 Å². The minimum absolute atomic E-state index is 0.702. The molecule has 0 atom stereocenters. The summed E-state index contributed by atoms with van der Waals surface area (Å²) in [6, 6.07) is 4.34. The van der Waals surface area contributed by atoms with Crippen molar-refractivity contribution in [2.45, 2.75) is 33.6 Å². The van der Waals surface area contributed by atoms with Crippen LogP contribution in [0.3, 0.4) is 0 Å². The summed E-state index contributed by atoms with van der Waals surface area (Å²) in [7, 11) is 0. The van der Waals surface area contributed by atoms with Gasteiger partial charge in [-0.3, -0.25) is 0 Å². The maximum Gasteiger partial charge on any atom is 0.125 e. The molecule has 2 heteroatoms. The van der Waals surface area contributed by atoms with Gasteiger partial charge in [-0.25, -0.2) is 0 Å². The van der Waals surface area contributed by atoms with Gasteiger partial charge in [-0.05, 0) is 49.9 Å². The Morgan fingerprint density at radius 3 is 2.27 bits per heavy atom. The van der Waals surface area contributed by atoms with Crippen molar-refractivity contribution < 1.29 is 4.74 Å². The first-order chi connectivity index (χ1) is 7.19. The minimum atomic E-state index is 0.702. The molecule has 0 saturated heterocycles. The second-order valence-corrected chi connectivity index (χ2v) is 3.95. The van der Waals surface area contributed by atoms with Gasteiger partial charge in [0.15, 0.2) is 0 Å². The van der Waals surface area contributed by atoms with Gasteiger partial charge in [0.05, 0.1) is 6.61 Å². The number of aryl methyl sites for hydroxylation is 2. The molecule has 1 rings (SSSR count). The molecule has 2 nitrogen and oxygen atoms in total. The summed E-state index contributed by atoms with van der Waals surface area (Å²) in [6.45, 7) is 7.80. The van der Waals surface area contributed by atoms with Crippen molar-refractivity contribution in [2.24, 2.45) is 5.73 Å². The fourth-order valence-electron chi connectivity index (χ4n) is 1.78. The Kier molecular flexibility index (Phi) is 4.63. The van der Waals surface area contributed by atoms with E-state index in [1.807, 2.05) is 0 Å². The Balaban J connectivity index is 2.88. The van der Waals surface area contributed by atoms with E-state index in [-0.39, 0.29) is 0 Å². The highest BCUT2D eigenvalue weighted by Crippen LogP contribution is 2.25. The first kappa shape index (κ1) is 12.1. The van der Waals surface area contributed by atoms with Crippen LogP contribution in [0, 0.1) is 13.8 Å². The van der Waals surface area contributed by atoms with Gasteiger partial charge in [0, 0.05) is 0 Å². The first-order valence-electron chi connectivity index (χ1n) is 5.62. The lowest BCUT2D eigenvalue weighted by atomic mass is 10.0. The summed E-state index contributed by atoms with van der Waals surface area (Å²) in [4.78, 5) is 0. The van der Waals surface area contributed by atoms with Crippen LogP contribution < -0.4 is 10.5 Å². The van der Waals surface area contributed by atoms with Gasteiger partial charge in [0.2, 0.25) is 0 Å². The highest BCUT2D eigenvalue weighted by atomic mass is 16.5. The van der Waals surface area contributed by atoms with Gasteiger partial charge in [0.1, 0.15) is 5.75 Å². The lowest BCUT2D eigenvalue weighted by molar-refractivity contribution is 0.313. The van der Waals surface area contributed by atoms with Gasteiger partial charge in [0.25, 0.3) is 0 Å². The second kappa shape index (κ2) is 5.76. The Hall–Kier alpha value is -1.02. The SMILES string of the molecule is CCCOc1c(C)cc(CCN)cc1C. The molecule has 0 aliphatic heterocycles. The molecule has 84 valence electrons. The highest BCUT2D eigenvalue weighted by Gasteiger charge is 2.05. The Morgan fingerprint density at radius 2 is 1.80 bits per heavy atom. The predicted molar refractivity (Wildman–Crippen MR) is 64.5 cm³/mol. The van der Waals surface area contributed by atoms with Crippen LogP contribution in [0.2, 0.25) is 0 Å². The summed E-state index contributed by atoms with van der Waals surface area (Å²) in [5.41, 5.74) is 9.28. The van der Waals surface area contributed by atoms with Gasteiger partial charge in [-0.1, -0.05) is 19.1 Å². The maximum atomic E-state index is 5.72. The zero-order valence-corrected chi connectivity index (χ0v) is 9.97. The summed E-state index contributed by atoms with van der Waals surface area (Å²) in [5, 5.41) is 0. The molecular formula is C13H21NO. The molecule has 15 heavy (non-hydrogen) atoms. The Bertz CT molecular complexity index is 297. The fourth-order valence-corrected chi connectivity index (χ4v) is 1.78. The lowest BCUT2D eigenvalue weighted by Crippen LogP contribution is -2.05. The van der Waals surface area contributed by atoms with Crippen molar-refractivity contribution >= 4 is 0 Å². The standard InChI is InChI=1S/C13H21NO/c1-4-7-15-13-10(2)8-12(5-6-14)9-11(13)3/h8-9H,4-7,14H2,1-3H3. The molecule has 0 radical (unpaired) electrons. The quantitative estimate of drug-likeness (QED) is 0.805. The van der Waals surface area contributed by atoms with E-state index in [1.54, 1.807) is 0 Å². The van der Waals surface area contributed by atoms with Crippen molar-refractivity contribution in [3.8, 4) is 5.75 Å². The summed E-state index contributed by atoms with van der Waals surface area (Å²) in [6.07, 6.45) is 1.99. The summed E-state index contributed by atoms with van der Waals surface area (Å²) < 4.78 is 5.72. The van der Waals surface area contributed by atoms with Crippen LogP contribution in [-0.4, -0.2) is 13.2 Å². The van der Waals surface area contributed by atoms with Crippen LogP contribution in [0.5, 0.6) is 5.75 Å². The third-order valence-corrected chi connectivity index (χ3v) is 2.40. The second-order valence-electron chi connectivity index (χ2n) is 3.95. The molecule has 0 spiro atoms. The van der Waals surface area contributed by atoms with Crippen molar-refractivity contribution in [3.05, 3.63) is 28.8 Å². The third-order valence-electron chi connectivity index (χ3n) is 2.40. The maximum absolute atomic E-state index is 5.72. The number of rotatable bonds is 5. The van der Waals surface area contributed by atoms with Crippen LogP contribution >= 0.6 is 0 Å². The van der Waals surface area contributed by atoms with Crippen molar-refractivity contribution in [2.75, 3.05) is 13.2 Å². The lowest BCUT2D eigenvalue weighted by Gasteiger charge is -2.13. The van der Waals surface area contributed by atoms with E-state index in [4.69, 9.17) is 10.5 Å². The molecule has 0 bridgehead atoms. The molecule has 1 aromatic rings. The van der Waals surface area contributed by atoms with Crippen LogP contribution in [-0.2, 0) is 6.42 Å². The van der Waals surface area contributed by atoms with Gasteiger partial charge >= 0.3 is 0 Å². The number of hydrogen-bond acceptors (Lipinski definition) is 2. The summed E-state index contributed by atoms with van der Waals surface area (Å²) in [5.74, 6) is 1.04. The first-order valence-corrected chi connectivity index (χ1v) is 5.62. The van der Waals surface area contributed by atoms with E-state index in [0.29, 0.717) is 6.54 Å². The topological polar surface area (TPSA) is 35.2 Å². The van der Waals surface area contributed by atoms with Crippen LogP contribution in [0.15, 0.2) is 12.1 Å². The van der Waals surface area contributed by atoms with E-state index < -0.39 is 0 Å². The zero-order chi connectivity index (χ0) is 11.3. The molecule has 0 amide bonds. The van der Waals surface area contributed by atoms with Crippen molar-refractivity contribution in [3.63, 3.8) is 0 Å². The van der Waals surface area contributed by atoms with Crippen molar-refractivity contribution in [1.29, 1.82) is 0 Å². The molecule has 0 aromatic heterocycles. The smallest absolute Gasteiger partial charge is 0.125 e. The molecule has 0 unspecified atom stereocenters. The van der Waals surface area contributed by atoms with Gasteiger partial charge < -0.3 is 10.5 Å². The van der Waals surface area contributed by atoms with E-state index in [9.17, 15) is 0 Å². The molecule has 0 saturated carbocycles. The molecule has 0 aliphatic rings. The van der Waals surface area contributed by atoms with E-state index in [2.05, 4.69) is 32.9 Å². The number of nitrogens with two attached hydrogens (primary N) is 1. The fraction of sp³-hybridized carbons (Fsp3) is 0.538. The molecule has 1 aromatic carbocycles. The predicted octanol–water partition coefficient (Wildman–Crippen LogP) is 2.59. The minimum Gasteiger partial charge on any atom is -0.493 e. The normalized spacial score (nSPS) is 10.4. The largest absolute Gasteiger partial charge is 0.493 e. The number of hydrogen-bond donors (Lipinski definition) is 1. The molecule has 0 fully saturated rings. The monoisotopic (exact) mass is 207 g/mol. The van der Waals surface area contributed by atoms with Crippen molar-refractivity contribution in [1.82, 2.24) is 0 Å². The molecule has 0 heterocycles. The number of ether oxygens (including phenoxy) is 1. The molecule has 0 aliphatic carbocycles. The zero-order valence-electron chi connectivity index (χ0n) is 9.97. The third kappa shape index (κ3) is 3.24. The Morgan fingerprint density at radius 1 is 1.20 bits per heavy atom. The molecule has 2 N–H and O–H groups in total.